The second-order valence-corrected chi connectivity index (χ2v) is 5.58. The summed E-state index contributed by atoms with van der Waals surface area (Å²) in [5, 5.41) is 0. The van der Waals surface area contributed by atoms with Gasteiger partial charge in [-0.05, 0) is 43.9 Å². The van der Waals surface area contributed by atoms with Crippen molar-refractivity contribution in [2.24, 2.45) is 0 Å². The van der Waals surface area contributed by atoms with Crippen LogP contribution in [0.2, 0.25) is 0 Å². The van der Waals surface area contributed by atoms with Gasteiger partial charge in [0, 0.05) is 18.2 Å². The lowest BCUT2D eigenvalue weighted by Gasteiger charge is -2.32. The fourth-order valence-electron chi connectivity index (χ4n) is 2.74. The highest BCUT2D eigenvalue weighted by molar-refractivity contribution is 5.94. The van der Waals surface area contributed by atoms with Gasteiger partial charge in [-0.1, -0.05) is 45.7 Å². The van der Waals surface area contributed by atoms with E-state index in [1.807, 2.05) is 6.07 Å². The van der Waals surface area contributed by atoms with Gasteiger partial charge in [-0.3, -0.25) is 4.79 Å². The molecule has 1 aromatic carbocycles. The van der Waals surface area contributed by atoms with E-state index >= 15 is 0 Å². The van der Waals surface area contributed by atoms with Crippen molar-refractivity contribution in [2.45, 2.75) is 72.3 Å². The van der Waals surface area contributed by atoms with E-state index < -0.39 is 0 Å². The van der Waals surface area contributed by atoms with E-state index in [1.165, 1.54) is 5.56 Å². The van der Waals surface area contributed by atoms with Crippen LogP contribution in [0, 0.1) is 6.92 Å². The van der Waals surface area contributed by atoms with Crippen LogP contribution in [0.1, 0.15) is 64.9 Å². The van der Waals surface area contributed by atoms with Crippen LogP contribution in [0.4, 0.5) is 5.69 Å². The zero-order chi connectivity index (χ0) is 15.0. The number of anilines is 1. The Morgan fingerprint density at radius 3 is 2.25 bits per heavy atom. The quantitative estimate of drug-likeness (QED) is 0.646. The SMILES string of the molecule is CCCC(=O)N(c1cccc(C)c1)C(CCC)CCC. The van der Waals surface area contributed by atoms with Gasteiger partial charge in [0.1, 0.15) is 0 Å². The molecule has 1 aromatic rings. The number of nitrogens with zero attached hydrogens (tertiary/aromatic N) is 1. The van der Waals surface area contributed by atoms with Gasteiger partial charge in [0.2, 0.25) is 5.91 Å². The smallest absolute Gasteiger partial charge is 0.227 e. The molecule has 0 radical (unpaired) electrons. The normalized spacial score (nSPS) is 10.8. The highest BCUT2D eigenvalue weighted by Crippen LogP contribution is 2.24. The third-order valence-electron chi connectivity index (χ3n) is 3.62. The molecule has 0 aliphatic rings. The van der Waals surface area contributed by atoms with E-state index in [1.54, 1.807) is 0 Å². The Kier molecular flexibility index (Phi) is 7.35. The van der Waals surface area contributed by atoms with Gasteiger partial charge in [-0.15, -0.1) is 0 Å². The summed E-state index contributed by atoms with van der Waals surface area (Å²) in [5.41, 5.74) is 2.28. The summed E-state index contributed by atoms with van der Waals surface area (Å²) in [6, 6.07) is 8.67. The van der Waals surface area contributed by atoms with Crippen molar-refractivity contribution in [3.63, 3.8) is 0 Å². The number of hydrogen-bond acceptors (Lipinski definition) is 1. The Labute approximate surface area is 124 Å². The van der Waals surface area contributed by atoms with E-state index in [2.05, 4.69) is 50.8 Å². The Balaban J connectivity index is 3.08. The second-order valence-electron chi connectivity index (χ2n) is 5.58. The van der Waals surface area contributed by atoms with Crippen molar-refractivity contribution in [3.05, 3.63) is 29.8 Å². The highest BCUT2D eigenvalue weighted by atomic mass is 16.2. The zero-order valence-electron chi connectivity index (χ0n) is 13.5. The minimum absolute atomic E-state index is 0.269. The second kappa shape index (κ2) is 8.78. The molecule has 2 heteroatoms. The third-order valence-corrected chi connectivity index (χ3v) is 3.62. The van der Waals surface area contributed by atoms with Gasteiger partial charge >= 0.3 is 0 Å². The van der Waals surface area contributed by atoms with Crippen LogP contribution in [0.25, 0.3) is 0 Å². The molecule has 0 aliphatic carbocycles. The first-order valence-corrected chi connectivity index (χ1v) is 8.02. The number of carbonyl (C=O) groups is 1. The molecule has 20 heavy (non-hydrogen) atoms. The largest absolute Gasteiger partial charge is 0.309 e. The number of aryl methyl sites for hydroxylation is 1. The summed E-state index contributed by atoms with van der Waals surface area (Å²) in [6.45, 7) is 8.55. The predicted octanol–water partition coefficient (Wildman–Crippen LogP) is 5.10. The van der Waals surface area contributed by atoms with Crippen molar-refractivity contribution >= 4 is 11.6 Å². The van der Waals surface area contributed by atoms with Gasteiger partial charge in [-0.2, -0.15) is 0 Å². The molecule has 1 rings (SSSR count). The fourth-order valence-corrected chi connectivity index (χ4v) is 2.74. The van der Waals surface area contributed by atoms with Crippen LogP contribution in [0.5, 0.6) is 0 Å². The van der Waals surface area contributed by atoms with Gasteiger partial charge in [0.05, 0.1) is 0 Å². The van der Waals surface area contributed by atoms with E-state index in [9.17, 15) is 4.79 Å². The first-order chi connectivity index (χ1) is 9.63. The third kappa shape index (κ3) is 4.66. The number of benzene rings is 1. The average Bonchev–Trinajstić information content (AvgIpc) is 2.40. The van der Waals surface area contributed by atoms with Crippen LogP contribution >= 0.6 is 0 Å². The van der Waals surface area contributed by atoms with Gasteiger partial charge in [0.15, 0.2) is 0 Å². The molecular formula is C18H29NO. The van der Waals surface area contributed by atoms with Gasteiger partial charge in [-0.25, -0.2) is 0 Å². The molecule has 0 atom stereocenters. The summed E-state index contributed by atoms with van der Waals surface area (Å²) >= 11 is 0. The first-order valence-electron chi connectivity index (χ1n) is 8.02. The van der Waals surface area contributed by atoms with Crippen molar-refractivity contribution < 1.29 is 4.79 Å². The van der Waals surface area contributed by atoms with Crippen LogP contribution < -0.4 is 4.90 Å². The molecule has 0 aliphatic heterocycles. The maximum atomic E-state index is 12.6. The van der Waals surface area contributed by atoms with Crippen LogP contribution in [0.15, 0.2) is 24.3 Å². The summed E-state index contributed by atoms with van der Waals surface area (Å²) in [4.78, 5) is 14.6. The highest BCUT2D eigenvalue weighted by Gasteiger charge is 2.23. The van der Waals surface area contributed by atoms with Gasteiger partial charge in [0.25, 0.3) is 0 Å². The predicted molar refractivity (Wildman–Crippen MR) is 87.2 cm³/mol. The number of rotatable bonds is 8. The minimum Gasteiger partial charge on any atom is -0.309 e. The lowest BCUT2D eigenvalue weighted by molar-refractivity contribution is -0.119. The molecule has 1 amide bonds. The van der Waals surface area contributed by atoms with E-state index in [-0.39, 0.29) is 5.91 Å². The van der Waals surface area contributed by atoms with Crippen molar-refractivity contribution in [2.75, 3.05) is 4.90 Å². The summed E-state index contributed by atoms with van der Waals surface area (Å²) in [6.07, 6.45) is 5.94. The van der Waals surface area contributed by atoms with Gasteiger partial charge < -0.3 is 4.90 Å². The van der Waals surface area contributed by atoms with Crippen LogP contribution in [-0.2, 0) is 4.79 Å². The molecule has 0 fully saturated rings. The fraction of sp³-hybridized carbons (Fsp3) is 0.611. The zero-order valence-corrected chi connectivity index (χ0v) is 13.5. The average molecular weight is 275 g/mol. The van der Waals surface area contributed by atoms with E-state index in [0.717, 1.165) is 37.8 Å². The van der Waals surface area contributed by atoms with Crippen molar-refractivity contribution in [3.8, 4) is 0 Å². The van der Waals surface area contributed by atoms with E-state index in [0.29, 0.717) is 12.5 Å². The molecule has 0 unspecified atom stereocenters. The Morgan fingerprint density at radius 1 is 1.10 bits per heavy atom. The Morgan fingerprint density at radius 2 is 1.75 bits per heavy atom. The molecule has 0 bridgehead atoms. The molecule has 0 spiro atoms. The maximum Gasteiger partial charge on any atom is 0.227 e. The Hall–Kier alpha value is -1.31. The minimum atomic E-state index is 0.269. The van der Waals surface area contributed by atoms with Crippen LogP contribution in [0.3, 0.4) is 0 Å². The molecule has 0 N–H and O–H groups in total. The topological polar surface area (TPSA) is 20.3 Å². The number of carbonyl (C=O) groups excluding carboxylic acids is 1. The lowest BCUT2D eigenvalue weighted by Crippen LogP contribution is -2.40. The van der Waals surface area contributed by atoms with E-state index in [4.69, 9.17) is 0 Å². The molecule has 0 heterocycles. The number of hydrogen-bond donors (Lipinski definition) is 0. The molecular weight excluding hydrogens is 246 g/mol. The first kappa shape index (κ1) is 16.7. The summed E-state index contributed by atoms with van der Waals surface area (Å²) in [7, 11) is 0. The summed E-state index contributed by atoms with van der Waals surface area (Å²) < 4.78 is 0. The van der Waals surface area contributed by atoms with Crippen molar-refractivity contribution in [1.82, 2.24) is 0 Å². The molecule has 0 aromatic heterocycles. The number of amides is 1. The Bertz CT molecular complexity index is 408. The summed E-state index contributed by atoms with van der Waals surface area (Å²) in [5.74, 6) is 0.269. The monoisotopic (exact) mass is 275 g/mol. The lowest BCUT2D eigenvalue weighted by atomic mass is 10.0. The molecule has 2 nitrogen and oxygen atoms in total. The standard InChI is InChI=1S/C18H29NO/c1-5-9-16(10-6-2)19(18(20)11-7-3)17-13-8-12-15(4)14-17/h8,12-14,16H,5-7,9-11H2,1-4H3. The molecule has 112 valence electrons. The molecule has 0 saturated carbocycles. The molecule has 0 saturated heterocycles. The maximum absolute atomic E-state index is 12.6. The van der Waals surface area contributed by atoms with Crippen LogP contribution in [-0.4, -0.2) is 11.9 Å². The van der Waals surface area contributed by atoms with Crippen molar-refractivity contribution in [1.29, 1.82) is 0 Å².